The molecular formula is C21H21N5O2. The average Bonchev–Trinajstić information content (AvgIpc) is 3.23. The van der Waals surface area contributed by atoms with Gasteiger partial charge in [-0.25, -0.2) is 4.98 Å². The predicted octanol–water partition coefficient (Wildman–Crippen LogP) is 3.60. The van der Waals surface area contributed by atoms with Crippen molar-refractivity contribution in [3.8, 4) is 11.6 Å². The fraction of sp³-hybridized carbons (Fsp3) is 0.286. The Morgan fingerprint density at radius 3 is 2.79 bits per heavy atom. The molecule has 1 unspecified atom stereocenters. The Hall–Kier alpha value is -3.35. The summed E-state index contributed by atoms with van der Waals surface area (Å²) in [5, 5.41) is 8.29. The Labute approximate surface area is 163 Å². The van der Waals surface area contributed by atoms with Crippen molar-refractivity contribution in [1.82, 2.24) is 25.1 Å². The van der Waals surface area contributed by atoms with Crippen LogP contribution in [0.4, 0.5) is 0 Å². The number of hydrogen-bond acceptors (Lipinski definition) is 6. The van der Waals surface area contributed by atoms with Crippen molar-refractivity contribution < 1.29 is 9.21 Å². The van der Waals surface area contributed by atoms with Gasteiger partial charge in [-0.05, 0) is 37.8 Å². The molecule has 2 aromatic heterocycles. The summed E-state index contributed by atoms with van der Waals surface area (Å²) in [7, 11) is 0. The number of likely N-dealkylation sites (tertiary alicyclic amines) is 1. The number of benzene rings is 1. The topological polar surface area (TPSA) is 85.0 Å². The standard InChI is InChI=1S/C21H21N5O2/c1-15-13-23-17(14-22-15)20-24-25-21(28-20)18-9-5-6-12-26(18)19(27)11-10-16-7-3-2-4-8-16/h2-4,7-8,10-11,13-14,18H,5-6,9,12H2,1H3/b11-10+. The molecule has 0 radical (unpaired) electrons. The molecule has 1 amide bonds. The molecule has 0 N–H and O–H groups in total. The van der Waals surface area contributed by atoms with Crippen molar-refractivity contribution in [2.75, 3.05) is 6.54 Å². The third kappa shape index (κ3) is 3.98. The lowest BCUT2D eigenvalue weighted by Crippen LogP contribution is -2.37. The van der Waals surface area contributed by atoms with E-state index >= 15 is 0 Å². The van der Waals surface area contributed by atoms with Gasteiger partial charge in [-0.2, -0.15) is 0 Å². The van der Waals surface area contributed by atoms with Gasteiger partial charge in [-0.1, -0.05) is 30.3 Å². The predicted molar refractivity (Wildman–Crippen MR) is 104 cm³/mol. The largest absolute Gasteiger partial charge is 0.417 e. The number of aryl methyl sites for hydroxylation is 1. The summed E-state index contributed by atoms with van der Waals surface area (Å²) >= 11 is 0. The van der Waals surface area contributed by atoms with Gasteiger partial charge in [0.15, 0.2) is 0 Å². The van der Waals surface area contributed by atoms with Crippen LogP contribution in [-0.4, -0.2) is 37.5 Å². The number of aromatic nitrogens is 4. The molecule has 1 aliphatic heterocycles. The van der Waals surface area contributed by atoms with Crippen LogP contribution >= 0.6 is 0 Å². The highest BCUT2D eigenvalue weighted by Crippen LogP contribution is 2.31. The summed E-state index contributed by atoms with van der Waals surface area (Å²) in [6.45, 7) is 2.54. The van der Waals surface area contributed by atoms with E-state index in [1.165, 1.54) is 0 Å². The van der Waals surface area contributed by atoms with Gasteiger partial charge in [-0.15, -0.1) is 10.2 Å². The van der Waals surface area contributed by atoms with Crippen LogP contribution in [0.3, 0.4) is 0 Å². The third-order valence-electron chi connectivity index (χ3n) is 4.73. The first kappa shape index (κ1) is 18.0. The van der Waals surface area contributed by atoms with Crippen molar-refractivity contribution in [1.29, 1.82) is 0 Å². The summed E-state index contributed by atoms with van der Waals surface area (Å²) in [5.74, 6) is 0.710. The minimum Gasteiger partial charge on any atom is -0.417 e. The van der Waals surface area contributed by atoms with Gasteiger partial charge in [-0.3, -0.25) is 9.78 Å². The lowest BCUT2D eigenvalue weighted by Gasteiger charge is -2.32. The maximum atomic E-state index is 12.8. The Bertz CT molecular complexity index is 966. The molecule has 1 aromatic carbocycles. The molecular weight excluding hydrogens is 354 g/mol. The first-order valence-corrected chi connectivity index (χ1v) is 9.37. The minimum absolute atomic E-state index is 0.0524. The number of piperidine rings is 1. The van der Waals surface area contributed by atoms with Gasteiger partial charge >= 0.3 is 0 Å². The van der Waals surface area contributed by atoms with Crippen molar-refractivity contribution in [3.63, 3.8) is 0 Å². The van der Waals surface area contributed by atoms with Gasteiger partial charge in [0, 0.05) is 18.8 Å². The van der Waals surface area contributed by atoms with E-state index in [9.17, 15) is 4.79 Å². The monoisotopic (exact) mass is 375 g/mol. The second kappa shape index (κ2) is 8.12. The normalized spacial score (nSPS) is 17.2. The summed E-state index contributed by atoms with van der Waals surface area (Å²) in [6, 6.07) is 9.55. The Balaban J connectivity index is 1.53. The zero-order valence-electron chi connectivity index (χ0n) is 15.7. The molecule has 7 nitrogen and oxygen atoms in total. The van der Waals surface area contributed by atoms with Crippen molar-refractivity contribution in [3.05, 3.63) is 65.9 Å². The Kier molecular flexibility index (Phi) is 5.23. The second-order valence-electron chi connectivity index (χ2n) is 6.78. The molecule has 1 aliphatic rings. The Morgan fingerprint density at radius 2 is 2.00 bits per heavy atom. The Morgan fingerprint density at radius 1 is 1.14 bits per heavy atom. The zero-order valence-corrected chi connectivity index (χ0v) is 15.7. The van der Waals surface area contributed by atoms with E-state index in [1.807, 2.05) is 43.3 Å². The smallest absolute Gasteiger partial charge is 0.267 e. The molecule has 0 saturated carbocycles. The van der Waals surface area contributed by atoms with Crippen LogP contribution in [0.5, 0.6) is 0 Å². The van der Waals surface area contributed by atoms with E-state index in [0.29, 0.717) is 24.0 Å². The minimum atomic E-state index is -0.221. The molecule has 1 fully saturated rings. The van der Waals surface area contributed by atoms with Gasteiger partial charge < -0.3 is 9.32 Å². The van der Waals surface area contributed by atoms with Crippen molar-refractivity contribution in [2.45, 2.75) is 32.2 Å². The first-order valence-electron chi connectivity index (χ1n) is 9.37. The zero-order chi connectivity index (χ0) is 19.3. The van der Waals surface area contributed by atoms with Crippen LogP contribution < -0.4 is 0 Å². The molecule has 7 heteroatoms. The van der Waals surface area contributed by atoms with Gasteiger partial charge in [0.1, 0.15) is 11.7 Å². The molecule has 3 aromatic rings. The van der Waals surface area contributed by atoms with Gasteiger partial charge in [0.2, 0.25) is 11.8 Å². The van der Waals surface area contributed by atoms with Crippen molar-refractivity contribution >= 4 is 12.0 Å². The quantitative estimate of drug-likeness (QED) is 0.648. The number of hydrogen-bond donors (Lipinski definition) is 0. The fourth-order valence-corrected chi connectivity index (χ4v) is 3.26. The van der Waals surface area contributed by atoms with Crippen LogP contribution in [0.25, 0.3) is 17.7 Å². The molecule has 0 bridgehead atoms. The van der Waals surface area contributed by atoms with E-state index < -0.39 is 0 Å². The molecule has 3 heterocycles. The maximum Gasteiger partial charge on any atom is 0.267 e. The van der Waals surface area contributed by atoms with E-state index in [2.05, 4.69) is 20.2 Å². The molecule has 0 aliphatic carbocycles. The number of rotatable bonds is 4. The number of nitrogens with zero attached hydrogens (tertiary/aromatic N) is 5. The highest BCUT2D eigenvalue weighted by atomic mass is 16.4. The highest BCUT2D eigenvalue weighted by molar-refractivity contribution is 5.92. The lowest BCUT2D eigenvalue weighted by atomic mass is 10.0. The average molecular weight is 375 g/mol. The van der Waals surface area contributed by atoms with E-state index in [4.69, 9.17) is 4.42 Å². The number of carbonyl (C=O) groups excluding carboxylic acids is 1. The van der Waals surface area contributed by atoms with Gasteiger partial charge in [0.05, 0.1) is 11.9 Å². The molecule has 4 rings (SSSR count). The lowest BCUT2D eigenvalue weighted by molar-refractivity contribution is -0.130. The summed E-state index contributed by atoms with van der Waals surface area (Å²) < 4.78 is 5.85. The summed E-state index contributed by atoms with van der Waals surface area (Å²) in [5.41, 5.74) is 2.34. The summed E-state index contributed by atoms with van der Waals surface area (Å²) in [4.78, 5) is 23.1. The maximum absolute atomic E-state index is 12.8. The SMILES string of the molecule is Cc1cnc(-c2nnc(C3CCCCN3C(=O)/C=C/c3ccccc3)o2)cn1. The van der Waals surface area contributed by atoms with E-state index in [-0.39, 0.29) is 11.9 Å². The van der Waals surface area contributed by atoms with E-state index in [1.54, 1.807) is 23.4 Å². The molecule has 1 saturated heterocycles. The second-order valence-corrected chi connectivity index (χ2v) is 6.78. The molecule has 142 valence electrons. The number of carbonyl (C=O) groups is 1. The van der Waals surface area contributed by atoms with E-state index in [0.717, 1.165) is 30.5 Å². The van der Waals surface area contributed by atoms with Gasteiger partial charge in [0.25, 0.3) is 5.89 Å². The first-order chi connectivity index (χ1) is 13.7. The van der Waals surface area contributed by atoms with Crippen LogP contribution in [0, 0.1) is 6.92 Å². The molecule has 28 heavy (non-hydrogen) atoms. The number of amides is 1. The molecule has 0 spiro atoms. The third-order valence-corrected chi connectivity index (χ3v) is 4.73. The summed E-state index contributed by atoms with van der Waals surface area (Å²) in [6.07, 6.45) is 9.48. The fourth-order valence-electron chi connectivity index (χ4n) is 3.26. The van der Waals surface area contributed by atoms with Crippen LogP contribution in [0.2, 0.25) is 0 Å². The van der Waals surface area contributed by atoms with Crippen LogP contribution in [0.1, 0.15) is 42.5 Å². The van der Waals surface area contributed by atoms with Crippen LogP contribution in [-0.2, 0) is 4.79 Å². The highest BCUT2D eigenvalue weighted by Gasteiger charge is 2.31. The van der Waals surface area contributed by atoms with Crippen molar-refractivity contribution in [2.24, 2.45) is 0 Å². The van der Waals surface area contributed by atoms with Crippen LogP contribution in [0.15, 0.2) is 53.2 Å². The molecule has 1 atom stereocenters.